The summed E-state index contributed by atoms with van der Waals surface area (Å²) in [4.78, 5) is 21.5. The number of nitrogens with one attached hydrogen (secondary N) is 2. The van der Waals surface area contributed by atoms with Gasteiger partial charge in [-0.3, -0.25) is 9.59 Å². The van der Waals surface area contributed by atoms with Gasteiger partial charge in [0.25, 0.3) is 0 Å². The number of hydrogen-bond acceptors (Lipinski definition) is 4. The lowest BCUT2D eigenvalue weighted by atomic mass is 9.87. The molecule has 1 heterocycles. The van der Waals surface area contributed by atoms with Crippen LogP contribution in [0, 0.1) is 0 Å². The van der Waals surface area contributed by atoms with Crippen molar-refractivity contribution in [2.24, 2.45) is 0 Å². The fourth-order valence-corrected chi connectivity index (χ4v) is 2.43. The van der Waals surface area contributed by atoms with Crippen LogP contribution in [-0.2, 0) is 9.59 Å². The normalized spacial score (nSPS) is 37.3. The lowest BCUT2D eigenvalue weighted by molar-refractivity contribution is -0.131. The Hall–Kier alpha value is -0.740. The van der Waals surface area contributed by atoms with E-state index < -0.39 is 0 Å². The maximum absolute atomic E-state index is 11.2. The van der Waals surface area contributed by atoms with Gasteiger partial charge in [-0.15, -0.1) is 0 Å². The van der Waals surface area contributed by atoms with Crippen LogP contribution in [0.4, 0.5) is 0 Å². The van der Waals surface area contributed by atoms with E-state index in [9.17, 15) is 9.59 Å². The average molecular weight is 196 g/mol. The first-order chi connectivity index (χ1) is 6.81. The molecular formula is C10H16N2O2. The van der Waals surface area contributed by atoms with Crippen LogP contribution in [-0.4, -0.2) is 36.7 Å². The van der Waals surface area contributed by atoms with Crippen LogP contribution in [0.25, 0.3) is 0 Å². The summed E-state index contributed by atoms with van der Waals surface area (Å²) in [7, 11) is 0. The van der Waals surface area contributed by atoms with Crippen LogP contribution in [0.5, 0.6) is 0 Å². The second-order valence-electron chi connectivity index (χ2n) is 4.15. The molecule has 1 aliphatic heterocycles. The Morgan fingerprint density at radius 1 is 1.21 bits per heavy atom. The number of piperazine rings is 1. The van der Waals surface area contributed by atoms with Gasteiger partial charge in [0.1, 0.15) is 0 Å². The molecule has 0 bridgehead atoms. The van der Waals surface area contributed by atoms with Crippen molar-refractivity contribution in [1.82, 2.24) is 10.6 Å². The number of Topliss-reactive ketones (excluding diaryl/α,β-unsaturated/α-hetero) is 1. The van der Waals surface area contributed by atoms with Crippen LogP contribution in [0.3, 0.4) is 0 Å². The first kappa shape index (κ1) is 9.80. The molecule has 0 aromatic rings. The van der Waals surface area contributed by atoms with Gasteiger partial charge in [0.2, 0.25) is 5.78 Å². The third-order valence-electron chi connectivity index (χ3n) is 3.22. The zero-order valence-electron chi connectivity index (χ0n) is 8.16. The molecule has 0 radical (unpaired) electrons. The summed E-state index contributed by atoms with van der Waals surface area (Å²) in [6, 6.07) is 0.581. The summed E-state index contributed by atoms with van der Waals surface area (Å²) in [5.41, 5.74) is 0. The van der Waals surface area contributed by atoms with Crippen molar-refractivity contribution >= 4 is 12.1 Å². The third-order valence-corrected chi connectivity index (χ3v) is 3.22. The van der Waals surface area contributed by atoms with E-state index in [1.807, 2.05) is 0 Å². The molecule has 4 nitrogen and oxygen atoms in total. The predicted octanol–water partition coefficient (Wildman–Crippen LogP) is -0.373. The summed E-state index contributed by atoms with van der Waals surface area (Å²) < 4.78 is 0. The Morgan fingerprint density at radius 2 is 1.93 bits per heavy atom. The Balaban J connectivity index is 1.95. The van der Waals surface area contributed by atoms with Crippen molar-refractivity contribution in [1.29, 1.82) is 0 Å². The van der Waals surface area contributed by atoms with E-state index in [2.05, 4.69) is 10.6 Å². The summed E-state index contributed by atoms with van der Waals surface area (Å²) in [5, 5.41) is 6.61. The second-order valence-corrected chi connectivity index (χ2v) is 4.15. The van der Waals surface area contributed by atoms with Gasteiger partial charge in [-0.1, -0.05) is 12.8 Å². The molecule has 0 aromatic carbocycles. The zero-order valence-corrected chi connectivity index (χ0v) is 8.16. The van der Waals surface area contributed by atoms with E-state index in [1.54, 1.807) is 0 Å². The summed E-state index contributed by atoms with van der Waals surface area (Å²) in [5.74, 6) is -0.332. The van der Waals surface area contributed by atoms with Gasteiger partial charge in [0, 0.05) is 18.6 Å². The Kier molecular flexibility index (Phi) is 2.93. The quantitative estimate of drug-likeness (QED) is 0.467. The van der Waals surface area contributed by atoms with E-state index in [0.717, 1.165) is 6.42 Å². The second kappa shape index (κ2) is 4.19. The van der Waals surface area contributed by atoms with Crippen molar-refractivity contribution in [3.63, 3.8) is 0 Å². The van der Waals surface area contributed by atoms with Crippen molar-refractivity contribution < 1.29 is 9.59 Å². The van der Waals surface area contributed by atoms with Crippen molar-refractivity contribution in [2.75, 3.05) is 6.54 Å². The molecule has 0 spiro atoms. The number of ketones is 1. The van der Waals surface area contributed by atoms with Crippen molar-refractivity contribution in [2.45, 2.75) is 43.8 Å². The highest BCUT2D eigenvalue weighted by Gasteiger charge is 2.33. The van der Waals surface area contributed by atoms with Crippen LogP contribution < -0.4 is 10.6 Å². The lowest BCUT2D eigenvalue weighted by Crippen LogP contribution is -2.64. The van der Waals surface area contributed by atoms with Crippen LogP contribution in [0.1, 0.15) is 25.7 Å². The Bertz CT molecular complexity index is 242. The maximum Gasteiger partial charge on any atom is 0.213 e. The van der Waals surface area contributed by atoms with Gasteiger partial charge in [0.05, 0.1) is 6.04 Å². The number of hydrogen-bond donors (Lipinski definition) is 2. The van der Waals surface area contributed by atoms with E-state index >= 15 is 0 Å². The minimum Gasteiger partial charge on any atom is -0.310 e. The topological polar surface area (TPSA) is 58.2 Å². The molecule has 78 valence electrons. The predicted molar refractivity (Wildman–Crippen MR) is 52.0 cm³/mol. The molecule has 0 aromatic heterocycles. The van der Waals surface area contributed by atoms with E-state index in [0.29, 0.717) is 24.9 Å². The molecule has 4 heteroatoms. The summed E-state index contributed by atoms with van der Waals surface area (Å²) >= 11 is 0. The van der Waals surface area contributed by atoms with Gasteiger partial charge < -0.3 is 10.6 Å². The minimum atomic E-state index is -0.332. The first-order valence-corrected chi connectivity index (χ1v) is 5.29. The highest BCUT2D eigenvalue weighted by molar-refractivity contribution is 6.27. The first-order valence-electron chi connectivity index (χ1n) is 5.29. The fourth-order valence-electron chi connectivity index (χ4n) is 2.43. The lowest BCUT2D eigenvalue weighted by Gasteiger charge is -2.40. The van der Waals surface area contributed by atoms with E-state index in [1.165, 1.54) is 19.3 Å². The number of rotatable bonds is 2. The molecule has 14 heavy (non-hydrogen) atoms. The molecule has 2 aliphatic rings. The molecule has 2 rings (SSSR count). The smallest absolute Gasteiger partial charge is 0.213 e. The monoisotopic (exact) mass is 196 g/mol. The average Bonchev–Trinajstić information content (AvgIpc) is 2.27. The standard InChI is InChI=1S/C10H16N2O2/c13-6-10(14)9-5-11-7-3-1-2-4-8(7)12-9/h6-9,11-12H,1-5H2. The molecule has 2 fully saturated rings. The largest absolute Gasteiger partial charge is 0.310 e. The third kappa shape index (κ3) is 1.86. The van der Waals surface area contributed by atoms with Crippen molar-refractivity contribution in [3.8, 4) is 0 Å². The molecule has 3 atom stereocenters. The molecule has 3 unspecified atom stereocenters. The minimum absolute atomic E-state index is 0.299. The molecule has 1 saturated heterocycles. The number of carbonyl (C=O) groups excluding carboxylic acids is 2. The van der Waals surface area contributed by atoms with Crippen molar-refractivity contribution in [3.05, 3.63) is 0 Å². The van der Waals surface area contributed by atoms with Crippen LogP contribution in [0.15, 0.2) is 0 Å². The molecular weight excluding hydrogens is 180 g/mol. The highest BCUT2D eigenvalue weighted by atomic mass is 16.2. The van der Waals surface area contributed by atoms with Gasteiger partial charge in [-0.2, -0.15) is 0 Å². The van der Waals surface area contributed by atoms with Gasteiger partial charge in [-0.05, 0) is 12.8 Å². The van der Waals surface area contributed by atoms with E-state index in [-0.39, 0.29) is 11.8 Å². The van der Waals surface area contributed by atoms with Gasteiger partial charge in [-0.25, -0.2) is 0 Å². The van der Waals surface area contributed by atoms with Crippen LogP contribution in [0.2, 0.25) is 0 Å². The van der Waals surface area contributed by atoms with Gasteiger partial charge in [0.15, 0.2) is 6.29 Å². The molecule has 2 N–H and O–H groups in total. The Labute approximate surface area is 83.4 Å². The van der Waals surface area contributed by atoms with Crippen LogP contribution >= 0.6 is 0 Å². The highest BCUT2D eigenvalue weighted by Crippen LogP contribution is 2.21. The number of aldehydes is 1. The summed E-state index contributed by atoms with van der Waals surface area (Å²) in [6.07, 6.45) is 5.20. The van der Waals surface area contributed by atoms with Gasteiger partial charge >= 0.3 is 0 Å². The fraction of sp³-hybridized carbons (Fsp3) is 0.800. The molecule has 1 aliphatic carbocycles. The van der Waals surface area contributed by atoms with E-state index in [4.69, 9.17) is 0 Å². The number of fused-ring (bicyclic) bond motifs is 1. The zero-order chi connectivity index (χ0) is 9.97. The SMILES string of the molecule is O=CC(=O)C1CNC2CCCCC2N1. The molecule has 0 amide bonds. The maximum atomic E-state index is 11.2. The molecule has 1 saturated carbocycles. The Morgan fingerprint density at radius 3 is 2.64 bits per heavy atom. The number of carbonyl (C=O) groups is 2. The summed E-state index contributed by atoms with van der Waals surface area (Å²) in [6.45, 7) is 0.596.